The molecule has 0 atom stereocenters. The largest absolute Gasteiger partial charge is 0.478 e. The number of carbonyl (C=O) groups is 2. The van der Waals surface area contributed by atoms with Crippen LogP contribution < -0.4 is 4.90 Å². The van der Waals surface area contributed by atoms with E-state index in [1.165, 1.54) is 12.3 Å². The van der Waals surface area contributed by atoms with Crippen molar-refractivity contribution in [2.75, 3.05) is 31.2 Å². The van der Waals surface area contributed by atoms with Crippen LogP contribution in [0.2, 0.25) is 5.02 Å². The summed E-state index contributed by atoms with van der Waals surface area (Å²) in [6.07, 6.45) is 1.29. The Bertz CT molecular complexity index is 774. The van der Waals surface area contributed by atoms with E-state index in [0.29, 0.717) is 42.7 Å². The topological polar surface area (TPSA) is 83.0 Å². The van der Waals surface area contributed by atoms with Crippen molar-refractivity contribution < 1.29 is 19.4 Å². The van der Waals surface area contributed by atoms with Gasteiger partial charge in [0.25, 0.3) is 0 Å². The number of morpholine rings is 1. The Morgan fingerprint density at radius 2 is 1.85 bits per heavy atom. The van der Waals surface area contributed by atoms with Gasteiger partial charge in [0, 0.05) is 30.0 Å². The van der Waals surface area contributed by atoms with Crippen LogP contribution in [0.15, 0.2) is 42.6 Å². The summed E-state index contributed by atoms with van der Waals surface area (Å²) in [5, 5.41) is 9.56. The van der Waals surface area contributed by atoms with Crippen molar-refractivity contribution >= 4 is 29.3 Å². The fourth-order valence-corrected chi connectivity index (χ4v) is 2.75. The lowest BCUT2D eigenvalue weighted by Crippen LogP contribution is -2.48. The van der Waals surface area contributed by atoms with Gasteiger partial charge in [0.1, 0.15) is 0 Å². The highest BCUT2D eigenvalue weighted by molar-refractivity contribution is 6.30. The van der Waals surface area contributed by atoms with Gasteiger partial charge in [-0.1, -0.05) is 11.6 Å². The number of rotatable bonds is 4. The second-order valence-electron chi connectivity index (χ2n) is 5.79. The van der Waals surface area contributed by atoms with Crippen LogP contribution in [0, 0.1) is 0 Å². The molecular formula is C18H18ClN3O4. The minimum atomic E-state index is -1.04. The van der Waals surface area contributed by atoms with E-state index in [1.807, 2.05) is 0 Å². The second-order valence-corrected chi connectivity index (χ2v) is 6.22. The highest BCUT2D eigenvalue weighted by Gasteiger charge is 2.24. The van der Waals surface area contributed by atoms with E-state index >= 15 is 0 Å². The first kappa shape index (κ1) is 18.2. The van der Waals surface area contributed by atoms with Crippen LogP contribution in [0.4, 0.5) is 10.5 Å². The number of urea groups is 1. The average Bonchev–Trinajstić information content (AvgIpc) is 2.67. The number of amides is 2. The first-order chi connectivity index (χ1) is 12.5. The third-order valence-electron chi connectivity index (χ3n) is 4.04. The maximum Gasteiger partial charge on any atom is 0.337 e. The Morgan fingerprint density at radius 3 is 2.42 bits per heavy atom. The number of ether oxygens (including phenoxy) is 1. The molecule has 0 aliphatic carbocycles. The summed E-state index contributed by atoms with van der Waals surface area (Å²) >= 11 is 5.95. The molecule has 1 aliphatic rings. The fourth-order valence-electron chi connectivity index (χ4n) is 2.62. The van der Waals surface area contributed by atoms with Gasteiger partial charge in [-0.05, 0) is 36.4 Å². The SMILES string of the molecule is O=C(O)c1ccc(CN(C(=O)N2CCOCC2)c2ccc(Cl)cc2)nc1. The van der Waals surface area contributed by atoms with Gasteiger partial charge in [-0.2, -0.15) is 0 Å². The average molecular weight is 376 g/mol. The van der Waals surface area contributed by atoms with Crippen LogP contribution >= 0.6 is 11.6 Å². The Balaban J connectivity index is 1.85. The third kappa shape index (κ3) is 4.30. The molecule has 1 fully saturated rings. The summed E-state index contributed by atoms with van der Waals surface area (Å²) < 4.78 is 5.31. The molecule has 0 saturated carbocycles. The normalized spacial score (nSPS) is 14.1. The van der Waals surface area contributed by atoms with Gasteiger partial charge in [-0.25, -0.2) is 9.59 Å². The maximum absolute atomic E-state index is 13.0. The number of hydrogen-bond donors (Lipinski definition) is 1. The summed E-state index contributed by atoms with van der Waals surface area (Å²) in [5.74, 6) is -1.04. The molecule has 1 aromatic heterocycles. The summed E-state index contributed by atoms with van der Waals surface area (Å²) in [4.78, 5) is 31.5. The molecule has 0 radical (unpaired) electrons. The number of benzene rings is 1. The van der Waals surface area contributed by atoms with Crippen molar-refractivity contribution in [3.05, 3.63) is 58.9 Å². The number of carboxylic acids is 1. The molecule has 0 spiro atoms. The van der Waals surface area contributed by atoms with Gasteiger partial charge in [0.2, 0.25) is 0 Å². The van der Waals surface area contributed by atoms with E-state index in [2.05, 4.69) is 4.98 Å². The quantitative estimate of drug-likeness (QED) is 0.888. The first-order valence-electron chi connectivity index (χ1n) is 8.12. The van der Waals surface area contributed by atoms with Gasteiger partial charge in [0.15, 0.2) is 0 Å². The van der Waals surface area contributed by atoms with E-state index in [1.54, 1.807) is 40.1 Å². The van der Waals surface area contributed by atoms with Gasteiger partial charge in [-0.3, -0.25) is 9.88 Å². The predicted octanol–water partition coefficient (Wildman–Crippen LogP) is 2.89. The van der Waals surface area contributed by atoms with Crippen molar-refractivity contribution in [1.29, 1.82) is 0 Å². The van der Waals surface area contributed by atoms with E-state index in [4.69, 9.17) is 21.4 Å². The highest BCUT2D eigenvalue weighted by Crippen LogP contribution is 2.22. The standard InChI is InChI=1S/C18H18ClN3O4/c19-14-2-5-16(6-3-14)22(18(25)21-7-9-26-10-8-21)12-15-4-1-13(11-20-15)17(23)24/h1-6,11H,7-10,12H2,(H,23,24). The van der Waals surface area contributed by atoms with E-state index in [9.17, 15) is 9.59 Å². The lowest BCUT2D eigenvalue weighted by atomic mass is 10.2. The molecule has 1 saturated heterocycles. The van der Waals surface area contributed by atoms with Gasteiger partial charge in [-0.15, -0.1) is 0 Å². The van der Waals surface area contributed by atoms with Gasteiger partial charge in [0.05, 0.1) is 31.0 Å². The lowest BCUT2D eigenvalue weighted by molar-refractivity contribution is 0.0548. The van der Waals surface area contributed by atoms with Crippen LogP contribution in [0.25, 0.3) is 0 Å². The van der Waals surface area contributed by atoms with Crippen molar-refractivity contribution in [3.8, 4) is 0 Å². The number of carbonyl (C=O) groups excluding carboxylic acids is 1. The second kappa shape index (κ2) is 8.16. The van der Waals surface area contributed by atoms with Crippen LogP contribution in [-0.4, -0.2) is 53.3 Å². The van der Waals surface area contributed by atoms with Gasteiger partial charge >= 0.3 is 12.0 Å². The number of hydrogen-bond acceptors (Lipinski definition) is 4. The van der Waals surface area contributed by atoms with Gasteiger partial charge < -0.3 is 14.7 Å². The molecule has 2 heterocycles. The maximum atomic E-state index is 13.0. The number of carboxylic acid groups (broad SMARTS) is 1. The minimum absolute atomic E-state index is 0.103. The predicted molar refractivity (Wildman–Crippen MR) is 96.6 cm³/mol. The number of aromatic carboxylic acids is 1. The number of halogens is 1. The molecule has 0 unspecified atom stereocenters. The monoisotopic (exact) mass is 375 g/mol. The zero-order valence-corrected chi connectivity index (χ0v) is 14.7. The van der Waals surface area contributed by atoms with Crippen molar-refractivity contribution in [2.45, 2.75) is 6.54 Å². The summed E-state index contributed by atoms with van der Waals surface area (Å²) in [7, 11) is 0. The molecule has 1 aromatic carbocycles. The molecule has 3 rings (SSSR count). The molecule has 7 nitrogen and oxygen atoms in total. The minimum Gasteiger partial charge on any atom is -0.478 e. The molecule has 136 valence electrons. The zero-order chi connectivity index (χ0) is 18.5. The number of anilines is 1. The molecule has 2 aromatic rings. The van der Waals surface area contributed by atoms with Crippen LogP contribution in [0.5, 0.6) is 0 Å². The van der Waals surface area contributed by atoms with Crippen LogP contribution in [0.1, 0.15) is 16.1 Å². The van der Waals surface area contributed by atoms with E-state index < -0.39 is 5.97 Å². The molecule has 26 heavy (non-hydrogen) atoms. The number of pyridine rings is 1. The zero-order valence-electron chi connectivity index (χ0n) is 14.0. The first-order valence-corrected chi connectivity index (χ1v) is 8.50. The summed E-state index contributed by atoms with van der Waals surface area (Å²) in [6, 6.07) is 9.91. The summed E-state index contributed by atoms with van der Waals surface area (Å²) in [6.45, 7) is 2.28. The molecular weight excluding hydrogens is 358 g/mol. The highest BCUT2D eigenvalue weighted by atomic mass is 35.5. The Hall–Kier alpha value is -2.64. The Kier molecular flexibility index (Phi) is 5.70. The smallest absolute Gasteiger partial charge is 0.337 e. The number of nitrogens with zero attached hydrogens (tertiary/aromatic N) is 3. The molecule has 1 aliphatic heterocycles. The molecule has 1 N–H and O–H groups in total. The lowest BCUT2D eigenvalue weighted by Gasteiger charge is -2.33. The summed E-state index contributed by atoms with van der Waals surface area (Å²) in [5.41, 5.74) is 1.38. The molecule has 2 amide bonds. The fraction of sp³-hybridized carbons (Fsp3) is 0.278. The van der Waals surface area contributed by atoms with Crippen molar-refractivity contribution in [2.24, 2.45) is 0 Å². The van der Waals surface area contributed by atoms with Crippen LogP contribution in [0.3, 0.4) is 0 Å². The molecule has 0 bridgehead atoms. The third-order valence-corrected chi connectivity index (χ3v) is 4.29. The van der Waals surface area contributed by atoms with Crippen LogP contribution in [-0.2, 0) is 11.3 Å². The Morgan fingerprint density at radius 1 is 1.15 bits per heavy atom. The molecule has 8 heteroatoms. The van der Waals surface area contributed by atoms with E-state index in [-0.39, 0.29) is 18.1 Å². The van der Waals surface area contributed by atoms with Crippen molar-refractivity contribution in [3.63, 3.8) is 0 Å². The number of aromatic nitrogens is 1. The Labute approximate surface area is 155 Å². The van der Waals surface area contributed by atoms with Crippen molar-refractivity contribution in [1.82, 2.24) is 9.88 Å². The van der Waals surface area contributed by atoms with E-state index in [0.717, 1.165) is 0 Å².